The van der Waals surface area contributed by atoms with E-state index in [1.165, 1.54) is 0 Å². The monoisotopic (exact) mass is 369 g/mol. The molecule has 2 heterocycles. The quantitative estimate of drug-likeness (QED) is 0.557. The summed E-state index contributed by atoms with van der Waals surface area (Å²) < 4.78 is 0. The minimum absolute atomic E-state index is 0.104. The van der Waals surface area contributed by atoms with Crippen LogP contribution in [0.4, 0.5) is 5.69 Å². The molecule has 0 saturated carbocycles. The van der Waals surface area contributed by atoms with Gasteiger partial charge in [-0.15, -0.1) is 5.10 Å². The van der Waals surface area contributed by atoms with Crippen molar-refractivity contribution in [1.82, 2.24) is 20.2 Å². The van der Waals surface area contributed by atoms with E-state index in [9.17, 15) is 4.79 Å². The predicted molar refractivity (Wildman–Crippen MR) is 108 cm³/mol. The van der Waals surface area contributed by atoms with Gasteiger partial charge in [-0.2, -0.15) is 0 Å². The third-order valence-corrected chi connectivity index (χ3v) is 4.40. The molecule has 0 aliphatic heterocycles. The fraction of sp³-hybridized carbons (Fsp3) is 0.0909. The molecule has 0 saturated heterocycles. The zero-order chi connectivity index (χ0) is 19.3. The fourth-order valence-corrected chi connectivity index (χ4v) is 3.00. The van der Waals surface area contributed by atoms with Gasteiger partial charge < -0.3 is 5.32 Å². The van der Waals surface area contributed by atoms with Crippen LogP contribution in [0.5, 0.6) is 0 Å². The van der Waals surface area contributed by atoms with Crippen LogP contribution in [0.3, 0.4) is 0 Å². The van der Waals surface area contributed by atoms with Crippen molar-refractivity contribution in [3.05, 3.63) is 95.8 Å². The SMILES string of the molecule is Cc1ccccc1-c1cncc(NC(=O)c2n[nH]c(Cc3ccccc3)n2)c1. The predicted octanol–water partition coefficient (Wildman–Crippen LogP) is 4.02. The van der Waals surface area contributed by atoms with E-state index >= 15 is 0 Å². The molecule has 6 heteroatoms. The second-order valence-electron chi connectivity index (χ2n) is 6.50. The minimum atomic E-state index is -0.376. The van der Waals surface area contributed by atoms with E-state index < -0.39 is 0 Å². The number of hydrogen-bond donors (Lipinski definition) is 2. The maximum absolute atomic E-state index is 12.5. The van der Waals surface area contributed by atoms with Crippen molar-refractivity contribution in [2.75, 3.05) is 5.32 Å². The number of nitrogens with zero attached hydrogens (tertiary/aromatic N) is 3. The number of carbonyl (C=O) groups excluding carboxylic acids is 1. The molecule has 6 nitrogen and oxygen atoms in total. The third kappa shape index (κ3) is 3.96. The van der Waals surface area contributed by atoms with Crippen LogP contribution in [0.1, 0.15) is 27.6 Å². The van der Waals surface area contributed by atoms with Gasteiger partial charge >= 0.3 is 0 Å². The van der Waals surface area contributed by atoms with Crippen molar-refractivity contribution >= 4 is 11.6 Å². The van der Waals surface area contributed by atoms with E-state index in [0.717, 1.165) is 22.3 Å². The van der Waals surface area contributed by atoms with E-state index in [1.807, 2.05) is 67.6 Å². The molecule has 0 unspecified atom stereocenters. The molecular formula is C22H19N5O. The Hall–Kier alpha value is -3.80. The number of anilines is 1. The summed E-state index contributed by atoms with van der Waals surface area (Å²) >= 11 is 0. The summed E-state index contributed by atoms with van der Waals surface area (Å²) in [5.74, 6) is 0.370. The van der Waals surface area contributed by atoms with Crippen molar-refractivity contribution in [2.24, 2.45) is 0 Å². The van der Waals surface area contributed by atoms with Crippen LogP contribution in [0.2, 0.25) is 0 Å². The van der Waals surface area contributed by atoms with Crippen LogP contribution in [0.25, 0.3) is 11.1 Å². The summed E-state index contributed by atoms with van der Waals surface area (Å²) in [5.41, 5.74) is 4.86. The van der Waals surface area contributed by atoms with Gasteiger partial charge in [0.2, 0.25) is 5.82 Å². The molecule has 138 valence electrons. The molecule has 2 aromatic carbocycles. The lowest BCUT2D eigenvalue weighted by Gasteiger charge is -2.08. The maximum Gasteiger partial charge on any atom is 0.295 e. The van der Waals surface area contributed by atoms with E-state index in [2.05, 4.69) is 25.5 Å². The number of H-pyrrole nitrogens is 1. The lowest BCUT2D eigenvalue weighted by molar-refractivity contribution is 0.101. The van der Waals surface area contributed by atoms with Crippen LogP contribution in [0.15, 0.2) is 73.1 Å². The molecular weight excluding hydrogens is 350 g/mol. The molecule has 0 aliphatic rings. The molecule has 0 bridgehead atoms. The number of pyridine rings is 1. The van der Waals surface area contributed by atoms with Crippen molar-refractivity contribution in [3.63, 3.8) is 0 Å². The number of rotatable bonds is 5. The van der Waals surface area contributed by atoms with Crippen molar-refractivity contribution in [3.8, 4) is 11.1 Å². The first-order valence-electron chi connectivity index (χ1n) is 8.96. The second-order valence-corrected chi connectivity index (χ2v) is 6.50. The molecule has 0 aliphatic carbocycles. The van der Waals surface area contributed by atoms with E-state index in [0.29, 0.717) is 17.9 Å². The number of amides is 1. The summed E-state index contributed by atoms with van der Waals surface area (Å²) in [4.78, 5) is 21.1. The number of aryl methyl sites for hydroxylation is 1. The van der Waals surface area contributed by atoms with Crippen LogP contribution >= 0.6 is 0 Å². The molecule has 0 atom stereocenters. The smallest absolute Gasteiger partial charge is 0.295 e. The fourth-order valence-electron chi connectivity index (χ4n) is 3.00. The van der Waals surface area contributed by atoms with Gasteiger partial charge in [-0.05, 0) is 29.7 Å². The molecule has 4 aromatic rings. The summed E-state index contributed by atoms with van der Waals surface area (Å²) in [6.45, 7) is 2.04. The van der Waals surface area contributed by atoms with Crippen molar-refractivity contribution in [1.29, 1.82) is 0 Å². The van der Waals surface area contributed by atoms with Gasteiger partial charge in [0.25, 0.3) is 5.91 Å². The second kappa shape index (κ2) is 7.84. The van der Waals surface area contributed by atoms with Gasteiger partial charge in [0.15, 0.2) is 0 Å². The highest BCUT2D eigenvalue weighted by molar-refractivity contribution is 6.01. The van der Waals surface area contributed by atoms with E-state index in [-0.39, 0.29) is 11.7 Å². The van der Waals surface area contributed by atoms with Crippen molar-refractivity contribution in [2.45, 2.75) is 13.3 Å². The Morgan fingerprint density at radius 3 is 2.64 bits per heavy atom. The van der Waals surface area contributed by atoms with Gasteiger partial charge in [-0.1, -0.05) is 54.6 Å². The van der Waals surface area contributed by atoms with Crippen molar-refractivity contribution < 1.29 is 4.79 Å². The third-order valence-electron chi connectivity index (χ3n) is 4.40. The summed E-state index contributed by atoms with van der Waals surface area (Å²) in [7, 11) is 0. The maximum atomic E-state index is 12.5. The number of hydrogen-bond acceptors (Lipinski definition) is 4. The molecule has 0 radical (unpaired) electrons. The Morgan fingerprint density at radius 1 is 1.04 bits per heavy atom. The highest BCUT2D eigenvalue weighted by Gasteiger charge is 2.14. The number of aromatic nitrogens is 4. The minimum Gasteiger partial charge on any atom is -0.318 e. The topological polar surface area (TPSA) is 83.6 Å². The molecule has 4 rings (SSSR count). The average molecular weight is 369 g/mol. The van der Waals surface area contributed by atoms with E-state index in [1.54, 1.807) is 12.4 Å². The largest absolute Gasteiger partial charge is 0.318 e. The van der Waals surface area contributed by atoms with Crippen LogP contribution in [0, 0.1) is 6.92 Å². The highest BCUT2D eigenvalue weighted by atomic mass is 16.2. The van der Waals surface area contributed by atoms with Gasteiger partial charge in [0.1, 0.15) is 5.82 Å². The Labute approximate surface area is 162 Å². The first-order chi connectivity index (χ1) is 13.7. The number of carbonyl (C=O) groups is 1. The molecule has 2 aromatic heterocycles. The lowest BCUT2D eigenvalue weighted by atomic mass is 10.0. The first-order valence-corrected chi connectivity index (χ1v) is 8.96. The number of benzene rings is 2. The zero-order valence-corrected chi connectivity index (χ0v) is 15.4. The summed E-state index contributed by atoms with van der Waals surface area (Å²) in [5, 5.41) is 9.68. The standard InChI is InChI=1S/C22H19N5O/c1-15-7-5-6-10-19(15)17-12-18(14-23-13-17)24-22(28)21-25-20(26-27-21)11-16-8-3-2-4-9-16/h2-10,12-14H,11H2,1H3,(H,24,28)(H,25,26,27). The Kier molecular flexibility index (Phi) is 4.93. The average Bonchev–Trinajstić information content (AvgIpc) is 3.18. The zero-order valence-electron chi connectivity index (χ0n) is 15.4. The van der Waals surface area contributed by atoms with Gasteiger partial charge in [-0.3, -0.25) is 14.9 Å². The number of aromatic amines is 1. The van der Waals surface area contributed by atoms with E-state index in [4.69, 9.17) is 0 Å². The van der Waals surface area contributed by atoms with Crippen LogP contribution in [-0.4, -0.2) is 26.1 Å². The van der Waals surface area contributed by atoms with Gasteiger partial charge in [-0.25, -0.2) is 4.98 Å². The summed E-state index contributed by atoms with van der Waals surface area (Å²) in [6.07, 6.45) is 3.98. The number of nitrogens with one attached hydrogen (secondary N) is 2. The molecule has 0 fully saturated rings. The highest BCUT2D eigenvalue weighted by Crippen LogP contribution is 2.24. The first kappa shape index (κ1) is 17.6. The van der Waals surface area contributed by atoms with Gasteiger partial charge in [0.05, 0.1) is 11.9 Å². The van der Waals surface area contributed by atoms with Crippen LogP contribution < -0.4 is 5.32 Å². The Balaban J connectivity index is 1.49. The Morgan fingerprint density at radius 2 is 1.82 bits per heavy atom. The molecule has 2 N–H and O–H groups in total. The normalized spacial score (nSPS) is 10.6. The van der Waals surface area contributed by atoms with Gasteiger partial charge in [0, 0.05) is 18.2 Å². The Bertz CT molecular complexity index is 1100. The summed E-state index contributed by atoms with van der Waals surface area (Å²) in [6, 6.07) is 19.8. The molecule has 1 amide bonds. The van der Waals surface area contributed by atoms with Crippen LogP contribution in [-0.2, 0) is 6.42 Å². The molecule has 0 spiro atoms. The molecule has 28 heavy (non-hydrogen) atoms. The lowest BCUT2D eigenvalue weighted by Crippen LogP contribution is -2.14.